The minimum absolute atomic E-state index is 0.204. The summed E-state index contributed by atoms with van der Waals surface area (Å²) in [5.74, 6) is 0.118. The van der Waals surface area contributed by atoms with Gasteiger partial charge < -0.3 is 9.88 Å². The van der Waals surface area contributed by atoms with E-state index in [1.807, 2.05) is 18.2 Å². The van der Waals surface area contributed by atoms with Crippen molar-refractivity contribution in [1.82, 2.24) is 9.55 Å². The molecule has 1 N–H and O–H groups in total. The number of nitrogens with zero attached hydrogens (tertiary/aromatic N) is 2. The highest BCUT2D eigenvalue weighted by molar-refractivity contribution is 6.31. The lowest BCUT2D eigenvalue weighted by Crippen LogP contribution is -2.22. The van der Waals surface area contributed by atoms with Crippen molar-refractivity contribution < 1.29 is 4.79 Å². The first-order chi connectivity index (χ1) is 11.6. The van der Waals surface area contributed by atoms with Crippen molar-refractivity contribution in [2.24, 2.45) is 0 Å². The molecule has 0 fully saturated rings. The van der Waals surface area contributed by atoms with E-state index in [0.29, 0.717) is 22.9 Å². The van der Waals surface area contributed by atoms with Gasteiger partial charge in [-0.15, -0.1) is 0 Å². The van der Waals surface area contributed by atoms with E-state index in [-0.39, 0.29) is 11.5 Å². The van der Waals surface area contributed by atoms with Gasteiger partial charge in [-0.1, -0.05) is 35.9 Å². The SMILES string of the molecule is O=C(Nc1ccccn1)c1ccc(=O)n(Cc2ccccc2Cl)c1. The molecule has 0 unspecified atom stereocenters. The van der Waals surface area contributed by atoms with Crippen LogP contribution in [0, 0.1) is 0 Å². The highest BCUT2D eigenvalue weighted by Gasteiger charge is 2.09. The third-order valence-corrected chi connectivity index (χ3v) is 3.82. The zero-order valence-electron chi connectivity index (χ0n) is 12.6. The van der Waals surface area contributed by atoms with Gasteiger partial charge in [0.25, 0.3) is 11.5 Å². The summed E-state index contributed by atoms with van der Waals surface area (Å²) in [5.41, 5.74) is 0.972. The number of carbonyl (C=O) groups is 1. The number of aromatic nitrogens is 2. The fourth-order valence-electron chi connectivity index (χ4n) is 2.22. The molecule has 0 aliphatic carbocycles. The van der Waals surface area contributed by atoms with Crippen LogP contribution in [-0.4, -0.2) is 15.5 Å². The van der Waals surface area contributed by atoms with E-state index >= 15 is 0 Å². The second kappa shape index (κ2) is 7.10. The highest BCUT2D eigenvalue weighted by atomic mass is 35.5. The smallest absolute Gasteiger partial charge is 0.258 e. The Morgan fingerprint density at radius 3 is 2.62 bits per heavy atom. The first-order valence-corrected chi connectivity index (χ1v) is 7.67. The first-order valence-electron chi connectivity index (χ1n) is 7.30. The Morgan fingerprint density at radius 2 is 1.88 bits per heavy atom. The Balaban J connectivity index is 1.85. The van der Waals surface area contributed by atoms with Crippen molar-refractivity contribution in [2.45, 2.75) is 6.54 Å². The van der Waals surface area contributed by atoms with Crippen LogP contribution >= 0.6 is 11.6 Å². The molecule has 0 saturated carbocycles. The largest absolute Gasteiger partial charge is 0.310 e. The predicted molar refractivity (Wildman–Crippen MR) is 93.4 cm³/mol. The van der Waals surface area contributed by atoms with Crippen LogP contribution < -0.4 is 10.9 Å². The molecule has 6 heteroatoms. The maximum Gasteiger partial charge on any atom is 0.258 e. The molecule has 1 amide bonds. The van der Waals surface area contributed by atoms with E-state index < -0.39 is 0 Å². The van der Waals surface area contributed by atoms with Gasteiger partial charge in [-0.25, -0.2) is 4.98 Å². The number of benzene rings is 1. The van der Waals surface area contributed by atoms with Gasteiger partial charge in [-0.05, 0) is 29.8 Å². The molecule has 5 nitrogen and oxygen atoms in total. The van der Waals surface area contributed by atoms with Gasteiger partial charge in [-0.2, -0.15) is 0 Å². The van der Waals surface area contributed by atoms with E-state index in [4.69, 9.17) is 11.6 Å². The fourth-order valence-corrected chi connectivity index (χ4v) is 2.42. The van der Waals surface area contributed by atoms with Crippen LogP contribution in [0.3, 0.4) is 0 Å². The van der Waals surface area contributed by atoms with E-state index in [0.717, 1.165) is 5.56 Å². The Kier molecular flexibility index (Phi) is 4.72. The van der Waals surface area contributed by atoms with E-state index in [1.54, 1.807) is 30.5 Å². The molecule has 2 aromatic heterocycles. The summed E-state index contributed by atoms with van der Waals surface area (Å²) < 4.78 is 1.45. The predicted octanol–water partition coefficient (Wildman–Crippen LogP) is 3.20. The molecular weight excluding hydrogens is 326 g/mol. The minimum atomic E-state index is -0.332. The second-order valence-electron chi connectivity index (χ2n) is 5.14. The summed E-state index contributed by atoms with van der Waals surface area (Å²) in [4.78, 5) is 28.4. The minimum Gasteiger partial charge on any atom is -0.310 e. The standard InChI is InChI=1S/C18H14ClN3O2/c19-15-6-2-1-5-13(15)11-22-12-14(8-9-17(22)23)18(24)21-16-7-3-4-10-20-16/h1-10,12H,11H2,(H,20,21,24). The molecule has 120 valence electrons. The van der Waals surface area contributed by atoms with Crippen LogP contribution in [0.1, 0.15) is 15.9 Å². The first kappa shape index (κ1) is 16.0. The van der Waals surface area contributed by atoms with Crippen molar-refractivity contribution in [3.05, 3.63) is 93.5 Å². The molecular formula is C18H14ClN3O2. The van der Waals surface area contributed by atoms with Gasteiger partial charge in [0.2, 0.25) is 0 Å². The Bertz CT molecular complexity index is 923. The van der Waals surface area contributed by atoms with E-state index in [9.17, 15) is 9.59 Å². The number of nitrogens with one attached hydrogen (secondary N) is 1. The molecule has 0 spiro atoms. The lowest BCUT2D eigenvalue weighted by Gasteiger charge is -2.10. The monoisotopic (exact) mass is 339 g/mol. The molecule has 24 heavy (non-hydrogen) atoms. The molecule has 2 heterocycles. The number of rotatable bonds is 4. The number of halogens is 1. The van der Waals surface area contributed by atoms with Crippen molar-refractivity contribution in [3.63, 3.8) is 0 Å². The Morgan fingerprint density at radius 1 is 1.08 bits per heavy atom. The Hall–Kier alpha value is -2.92. The van der Waals surface area contributed by atoms with E-state index in [1.165, 1.54) is 22.9 Å². The van der Waals surface area contributed by atoms with Gasteiger partial charge in [-0.3, -0.25) is 9.59 Å². The molecule has 0 radical (unpaired) electrons. The number of pyridine rings is 2. The van der Waals surface area contributed by atoms with Crippen LogP contribution in [0.2, 0.25) is 5.02 Å². The molecule has 3 aromatic rings. The molecule has 0 bridgehead atoms. The number of anilines is 1. The molecule has 3 rings (SSSR count). The molecule has 0 aliphatic heterocycles. The van der Waals surface area contributed by atoms with Gasteiger partial charge in [0.05, 0.1) is 12.1 Å². The summed E-state index contributed by atoms with van der Waals surface area (Å²) >= 11 is 6.13. The Labute approximate surface area is 143 Å². The van der Waals surface area contributed by atoms with Crippen LogP contribution in [-0.2, 0) is 6.54 Å². The summed E-state index contributed by atoms with van der Waals surface area (Å²) in [7, 11) is 0. The highest BCUT2D eigenvalue weighted by Crippen LogP contribution is 2.15. The molecule has 0 atom stereocenters. The lowest BCUT2D eigenvalue weighted by molar-refractivity contribution is 0.102. The molecule has 0 saturated heterocycles. The molecule has 0 aliphatic rings. The van der Waals surface area contributed by atoms with Crippen molar-refractivity contribution >= 4 is 23.3 Å². The zero-order valence-corrected chi connectivity index (χ0v) is 13.4. The van der Waals surface area contributed by atoms with Crippen LogP contribution in [0.15, 0.2) is 71.8 Å². The van der Waals surface area contributed by atoms with Gasteiger partial charge in [0.15, 0.2) is 0 Å². The maximum absolute atomic E-state index is 12.3. The number of hydrogen-bond acceptors (Lipinski definition) is 3. The average molecular weight is 340 g/mol. The van der Waals surface area contributed by atoms with Crippen molar-refractivity contribution in [2.75, 3.05) is 5.32 Å². The topological polar surface area (TPSA) is 64.0 Å². The quantitative estimate of drug-likeness (QED) is 0.794. The summed E-state index contributed by atoms with van der Waals surface area (Å²) in [6, 6.07) is 15.4. The van der Waals surface area contributed by atoms with Crippen LogP contribution in [0.5, 0.6) is 0 Å². The third-order valence-electron chi connectivity index (χ3n) is 3.45. The summed E-state index contributed by atoms with van der Waals surface area (Å²) in [6.07, 6.45) is 3.11. The third kappa shape index (κ3) is 3.70. The maximum atomic E-state index is 12.3. The fraction of sp³-hybridized carbons (Fsp3) is 0.0556. The van der Waals surface area contributed by atoms with Crippen molar-refractivity contribution in [3.8, 4) is 0 Å². The second-order valence-corrected chi connectivity index (χ2v) is 5.55. The number of amides is 1. The lowest BCUT2D eigenvalue weighted by atomic mass is 10.2. The van der Waals surface area contributed by atoms with Crippen molar-refractivity contribution in [1.29, 1.82) is 0 Å². The normalized spacial score (nSPS) is 10.4. The van der Waals surface area contributed by atoms with Crippen LogP contribution in [0.4, 0.5) is 5.82 Å². The summed E-state index contributed by atoms with van der Waals surface area (Å²) in [6.45, 7) is 0.295. The molecule has 1 aromatic carbocycles. The average Bonchev–Trinajstić information content (AvgIpc) is 2.59. The van der Waals surface area contributed by atoms with Crippen LogP contribution in [0.25, 0.3) is 0 Å². The van der Waals surface area contributed by atoms with E-state index in [2.05, 4.69) is 10.3 Å². The van der Waals surface area contributed by atoms with Gasteiger partial charge >= 0.3 is 0 Å². The number of carbonyl (C=O) groups excluding carboxylic acids is 1. The van der Waals surface area contributed by atoms with Gasteiger partial charge in [0.1, 0.15) is 5.82 Å². The number of hydrogen-bond donors (Lipinski definition) is 1. The zero-order chi connectivity index (χ0) is 16.9. The summed E-state index contributed by atoms with van der Waals surface area (Å²) in [5, 5.41) is 3.27. The van der Waals surface area contributed by atoms with Gasteiger partial charge in [0, 0.05) is 23.5 Å².